The van der Waals surface area contributed by atoms with Gasteiger partial charge in [0.05, 0.1) is 34.6 Å². The predicted octanol–water partition coefficient (Wildman–Crippen LogP) is 8.97. The first-order valence-electron chi connectivity index (χ1n) is 19.9. The lowest BCUT2D eigenvalue weighted by atomic mass is 9.82. The summed E-state index contributed by atoms with van der Waals surface area (Å²) < 4.78 is 5.73. The highest BCUT2D eigenvalue weighted by atomic mass is 16.5. The van der Waals surface area contributed by atoms with Gasteiger partial charge in [-0.2, -0.15) is 0 Å². The summed E-state index contributed by atoms with van der Waals surface area (Å²) in [6.45, 7) is 20.9. The van der Waals surface area contributed by atoms with Gasteiger partial charge in [0.15, 0.2) is 0 Å². The van der Waals surface area contributed by atoms with E-state index in [1.165, 1.54) is 16.7 Å². The van der Waals surface area contributed by atoms with Gasteiger partial charge in [0, 0.05) is 57.8 Å². The van der Waals surface area contributed by atoms with E-state index in [0.717, 1.165) is 110 Å². The zero-order valence-electron chi connectivity index (χ0n) is 34.4. The number of carbonyl (C=O) groups is 1. The number of H-pyrrole nitrogens is 1. The van der Waals surface area contributed by atoms with Crippen LogP contribution in [0.1, 0.15) is 113 Å². The second kappa shape index (κ2) is 16.5. The van der Waals surface area contributed by atoms with Crippen molar-refractivity contribution in [2.45, 2.75) is 120 Å². The zero-order chi connectivity index (χ0) is 39.7. The largest absolute Gasteiger partial charge is 0.511 e. The summed E-state index contributed by atoms with van der Waals surface area (Å²) in [5, 5.41) is 24.1. The number of carbonyl (C=O) groups excluding carboxylic acids is 1. The summed E-state index contributed by atoms with van der Waals surface area (Å²) in [5.74, 6) is -0.0709. The number of rotatable bonds is 12. The van der Waals surface area contributed by atoms with Gasteiger partial charge in [0.25, 0.3) is 0 Å². The Labute approximate surface area is 326 Å². The van der Waals surface area contributed by atoms with Gasteiger partial charge in [-0.1, -0.05) is 35.8 Å². The van der Waals surface area contributed by atoms with Crippen LogP contribution in [-0.4, -0.2) is 51.0 Å². The topological polar surface area (TPSA) is 120 Å². The molecule has 55 heavy (non-hydrogen) atoms. The number of hydrogen-bond donors (Lipinski definition) is 3. The van der Waals surface area contributed by atoms with Crippen molar-refractivity contribution in [2.24, 2.45) is 26.8 Å². The SMILES string of the molecule is CC(C)=CCC/C(C)=C/CC/C(C)=C/COC(=O)CC[C@@H]1C2=C3CC(O)=C4C3=NC(=C4C)C=c3cc(C)c([nH]3)=CC3=NC(=C(C)C(=N2)[C@H]1C)C(C)=C3C(C)O. The Morgan fingerprint density at radius 1 is 0.945 bits per heavy atom. The van der Waals surface area contributed by atoms with Gasteiger partial charge in [0.2, 0.25) is 0 Å². The van der Waals surface area contributed by atoms with Crippen LogP contribution in [-0.2, 0) is 9.53 Å². The molecule has 0 saturated carbocycles. The van der Waals surface area contributed by atoms with Crippen molar-refractivity contribution in [3.05, 3.63) is 114 Å². The molecule has 6 rings (SSSR count). The van der Waals surface area contributed by atoms with E-state index in [1.54, 1.807) is 6.92 Å². The lowest BCUT2D eigenvalue weighted by molar-refractivity contribution is -0.142. The van der Waals surface area contributed by atoms with Crippen LogP contribution in [0.15, 0.2) is 112 Å². The van der Waals surface area contributed by atoms with Crippen LogP contribution in [0.2, 0.25) is 0 Å². The molecule has 0 radical (unpaired) electrons. The van der Waals surface area contributed by atoms with Crippen molar-refractivity contribution in [1.82, 2.24) is 4.98 Å². The normalized spacial score (nSPS) is 21.6. The molecule has 1 aliphatic carbocycles. The van der Waals surface area contributed by atoms with Gasteiger partial charge < -0.3 is 19.9 Å². The molecule has 8 nitrogen and oxygen atoms in total. The third kappa shape index (κ3) is 8.40. The number of aliphatic hydroxyl groups excluding tert-OH is 2. The number of allylic oxidation sites excluding steroid dienone is 12. The van der Waals surface area contributed by atoms with Crippen molar-refractivity contribution in [3.63, 3.8) is 0 Å². The Bertz CT molecular complexity index is 2280. The van der Waals surface area contributed by atoms with Gasteiger partial charge in [-0.15, -0.1) is 0 Å². The molecule has 290 valence electrons. The fourth-order valence-electron chi connectivity index (χ4n) is 8.46. The Kier molecular flexibility index (Phi) is 12.0. The van der Waals surface area contributed by atoms with Gasteiger partial charge in [-0.25, -0.2) is 9.98 Å². The van der Waals surface area contributed by atoms with E-state index in [2.05, 4.69) is 71.7 Å². The maximum atomic E-state index is 13.2. The molecule has 0 saturated heterocycles. The maximum Gasteiger partial charge on any atom is 0.306 e. The van der Waals surface area contributed by atoms with E-state index in [9.17, 15) is 15.0 Å². The monoisotopic (exact) mass is 742 g/mol. The summed E-state index contributed by atoms with van der Waals surface area (Å²) in [7, 11) is 0. The number of aliphatic hydroxyl groups is 2. The van der Waals surface area contributed by atoms with E-state index in [4.69, 9.17) is 19.7 Å². The quantitative estimate of drug-likeness (QED) is 0.146. The van der Waals surface area contributed by atoms with E-state index in [-0.39, 0.29) is 30.8 Å². The minimum Gasteiger partial charge on any atom is -0.511 e. The highest BCUT2D eigenvalue weighted by molar-refractivity contribution is 6.25. The molecule has 8 heteroatoms. The van der Waals surface area contributed by atoms with Crippen LogP contribution in [0.25, 0.3) is 12.2 Å². The molecule has 1 aromatic heterocycles. The summed E-state index contributed by atoms with van der Waals surface area (Å²) in [5.41, 5.74) is 15.2. The Morgan fingerprint density at radius 3 is 2.36 bits per heavy atom. The first-order chi connectivity index (χ1) is 26.1. The number of fused-ring (bicyclic) bond motifs is 5. The molecule has 8 bridgehead atoms. The third-order valence-corrected chi connectivity index (χ3v) is 11.6. The molecule has 4 aliphatic heterocycles. The molecule has 3 atom stereocenters. The number of nitrogens with zero attached hydrogens (tertiary/aromatic N) is 3. The van der Waals surface area contributed by atoms with Gasteiger partial charge in [0.1, 0.15) is 12.4 Å². The molecule has 0 fully saturated rings. The second-order valence-electron chi connectivity index (χ2n) is 16.2. The van der Waals surface area contributed by atoms with Gasteiger partial charge >= 0.3 is 5.97 Å². The van der Waals surface area contributed by atoms with E-state index < -0.39 is 6.10 Å². The zero-order valence-corrected chi connectivity index (χ0v) is 34.4. The molecule has 5 heterocycles. The summed E-state index contributed by atoms with van der Waals surface area (Å²) >= 11 is 0. The summed E-state index contributed by atoms with van der Waals surface area (Å²) in [6.07, 6.45) is 15.1. The molecule has 1 unspecified atom stereocenters. The number of aryl methyl sites for hydroxylation is 1. The first-order valence-corrected chi connectivity index (χ1v) is 19.9. The molecule has 0 amide bonds. The van der Waals surface area contributed by atoms with Crippen LogP contribution in [0.4, 0.5) is 0 Å². The predicted molar refractivity (Wildman–Crippen MR) is 225 cm³/mol. The Hall–Kier alpha value is -4.82. The van der Waals surface area contributed by atoms with Crippen LogP contribution >= 0.6 is 0 Å². The molecule has 0 spiro atoms. The van der Waals surface area contributed by atoms with Crippen molar-refractivity contribution < 1.29 is 19.7 Å². The lowest BCUT2D eigenvalue weighted by Crippen LogP contribution is -2.19. The first kappa shape index (κ1) is 39.9. The minimum absolute atomic E-state index is 0.0359. The fourth-order valence-corrected chi connectivity index (χ4v) is 8.46. The lowest BCUT2D eigenvalue weighted by Gasteiger charge is -2.20. The molecular weight excluding hydrogens is 685 g/mol. The maximum absolute atomic E-state index is 13.2. The summed E-state index contributed by atoms with van der Waals surface area (Å²) in [6, 6.07) is 2.08. The smallest absolute Gasteiger partial charge is 0.306 e. The fraction of sp³-hybridized carbons (Fsp3) is 0.447. The number of aromatic amines is 1. The average Bonchev–Trinajstić information content (AvgIpc) is 3.89. The standard InChI is InChI=1S/C47H58N4O4/c1-25(2)13-11-14-26(3)15-12-16-27(4)19-20-55-41(54)18-17-35-29(6)44-32(9)45-31(8)42(33(10)52)39(50-45)24-37-28(5)21-34(48-37)22-38-30(7)43-40(53)23-36(46(35)51-44)47(43)49-38/h13,15,19,21-22,24,29,33,35,48,52-53H,11-12,14,16-18,20,23H2,1-10H3/b26-15+,27-19+,34-22?,37-24?,45-32?,46-36?/t29-,33?,35-/m0/s1. The van der Waals surface area contributed by atoms with Crippen LogP contribution in [0, 0.1) is 18.8 Å². The van der Waals surface area contributed by atoms with E-state index >= 15 is 0 Å². The number of ether oxygens (including phenoxy) is 1. The summed E-state index contributed by atoms with van der Waals surface area (Å²) in [4.78, 5) is 32.3. The van der Waals surface area contributed by atoms with Crippen molar-refractivity contribution >= 4 is 35.3 Å². The van der Waals surface area contributed by atoms with E-state index in [1.807, 2.05) is 32.1 Å². The molecule has 3 N–H and O–H groups in total. The highest BCUT2D eigenvalue weighted by Crippen LogP contribution is 2.47. The third-order valence-electron chi connectivity index (χ3n) is 11.6. The number of esters is 1. The van der Waals surface area contributed by atoms with Crippen LogP contribution < -0.4 is 10.7 Å². The number of hydrogen-bond acceptors (Lipinski definition) is 7. The van der Waals surface area contributed by atoms with Crippen molar-refractivity contribution in [2.75, 3.05) is 6.61 Å². The Morgan fingerprint density at radius 2 is 1.65 bits per heavy atom. The second-order valence-corrected chi connectivity index (χ2v) is 16.2. The number of aromatic nitrogens is 1. The minimum atomic E-state index is -0.713. The molecular formula is C47H58N4O4. The Balaban J connectivity index is 1.27. The average molecular weight is 743 g/mol. The number of nitrogens with one attached hydrogen (secondary N) is 1. The van der Waals surface area contributed by atoms with Crippen molar-refractivity contribution in [3.8, 4) is 0 Å². The van der Waals surface area contributed by atoms with E-state index in [0.29, 0.717) is 18.6 Å². The highest BCUT2D eigenvalue weighted by Gasteiger charge is 2.41. The van der Waals surface area contributed by atoms with Crippen LogP contribution in [0.5, 0.6) is 0 Å². The van der Waals surface area contributed by atoms with Crippen molar-refractivity contribution in [1.29, 1.82) is 0 Å². The van der Waals surface area contributed by atoms with Gasteiger partial charge in [-0.3, -0.25) is 9.79 Å². The van der Waals surface area contributed by atoms with Crippen LogP contribution in [0.3, 0.4) is 0 Å². The molecule has 0 aromatic carbocycles. The number of aliphatic imine (C=N–C) groups is 3. The van der Waals surface area contributed by atoms with Gasteiger partial charge in [-0.05, 0) is 141 Å². The molecule has 1 aromatic rings. The molecule has 5 aliphatic rings.